The average Bonchev–Trinajstić information content (AvgIpc) is 3.11. The quantitative estimate of drug-likeness (QED) is 0.783. The molecule has 1 fully saturated rings. The molecule has 1 N–H and O–H groups in total. The Balaban J connectivity index is 1.77. The zero-order valence-corrected chi connectivity index (χ0v) is 15.3. The fourth-order valence-corrected chi connectivity index (χ4v) is 3.01. The number of methoxy groups -OCH3 is 1. The Kier molecular flexibility index (Phi) is 5.97. The molecule has 3 rings (SSSR count). The van der Waals surface area contributed by atoms with Crippen LogP contribution in [0.1, 0.15) is 13.3 Å². The van der Waals surface area contributed by atoms with E-state index in [4.69, 9.17) is 9.57 Å². The molecule has 0 bridgehead atoms. The molecule has 2 heterocycles. The van der Waals surface area contributed by atoms with Gasteiger partial charge in [-0.3, -0.25) is 14.6 Å². The van der Waals surface area contributed by atoms with E-state index in [1.165, 1.54) is 12.0 Å². The van der Waals surface area contributed by atoms with Crippen molar-refractivity contribution in [2.24, 2.45) is 5.16 Å². The third-order valence-corrected chi connectivity index (χ3v) is 4.24. The van der Waals surface area contributed by atoms with Crippen LogP contribution in [0.5, 0.6) is 0 Å². The summed E-state index contributed by atoms with van der Waals surface area (Å²) in [6.45, 7) is 2.42. The number of hydrogen-bond donors (Lipinski definition) is 1. The Labute approximate surface area is 157 Å². The van der Waals surface area contributed by atoms with E-state index in [0.717, 1.165) is 10.9 Å². The van der Waals surface area contributed by atoms with Crippen LogP contribution in [0, 0.1) is 0 Å². The van der Waals surface area contributed by atoms with E-state index in [9.17, 15) is 9.59 Å². The maximum atomic E-state index is 12.8. The summed E-state index contributed by atoms with van der Waals surface area (Å²) < 4.78 is 4.93. The van der Waals surface area contributed by atoms with Crippen LogP contribution in [0.4, 0.5) is 5.69 Å². The summed E-state index contributed by atoms with van der Waals surface area (Å²) in [6, 6.07) is 8.60. The minimum atomic E-state index is -0.656. The second-order valence-corrected chi connectivity index (χ2v) is 6.15. The fraction of sp³-hybridized carbons (Fsp3) is 0.368. The lowest BCUT2D eigenvalue weighted by atomic mass is 10.1. The first-order valence-electron chi connectivity index (χ1n) is 8.74. The summed E-state index contributed by atoms with van der Waals surface area (Å²) in [5.41, 5.74) is 2.15. The number of carbonyl (C=O) groups is 2. The molecule has 27 heavy (non-hydrogen) atoms. The summed E-state index contributed by atoms with van der Waals surface area (Å²) in [6.07, 6.45) is 2.05. The molecule has 1 aliphatic heterocycles. The lowest BCUT2D eigenvalue weighted by Crippen LogP contribution is -2.44. The van der Waals surface area contributed by atoms with Gasteiger partial charge in [0.05, 0.1) is 17.8 Å². The largest absolute Gasteiger partial charge is 0.396 e. The van der Waals surface area contributed by atoms with Crippen LogP contribution in [0.15, 0.2) is 41.7 Å². The van der Waals surface area contributed by atoms with Crippen molar-refractivity contribution in [3.05, 3.63) is 36.5 Å². The van der Waals surface area contributed by atoms with E-state index in [0.29, 0.717) is 24.4 Å². The molecule has 2 aromatic rings. The minimum absolute atomic E-state index is 0.0899. The van der Waals surface area contributed by atoms with Gasteiger partial charge in [-0.15, -0.1) is 0 Å². The number of oxime groups is 1. The van der Waals surface area contributed by atoms with Gasteiger partial charge in [0, 0.05) is 30.8 Å². The highest BCUT2D eigenvalue weighted by molar-refractivity contribution is 6.05. The SMILES string of the molecule is CCO/N=C1\C[C@@H](C(=O)Nc2ccc3ncccc3c2)N(C(=O)COC)C1. The fourth-order valence-electron chi connectivity index (χ4n) is 3.01. The first kappa shape index (κ1) is 18.8. The van der Waals surface area contributed by atoms with E-state index < -0.39 is 6.04 Å². The Hall–Kier alpha value is -3.00. The molecule has 8 nitrogen and oxygen atoms in total. The van der Waals surface area contributed by atoms with Crippen LogP contribution in [-0.2, 0) is 19.2 Å². The molecule has 0 unspecified atom stereocenters. The van der Waals surface area contributed by atoms with Crippen molar-refractivity contribution in [3.63, 3.8) is 0 Å². The number of nitrogens with one attached hydrogen (secondary N) is 1. The lowest BCUT2D eigenvalue weighted by Gasteiger charge is -2.23. The molecule has 1 aliphatic rings. The van der Waals surface area contributed by atoms with E-state index in [1.807, 2.05) is 31.2 Å². The standard InChI is InChI=1S/C19H22N4O4/c1-3-27-22-15-10-17(23(11-15)18(24)12-26-2)19(25)21-14-6-7-16-13(9-14)5-4-8-20-16/h4-9,17H,3,10-12H2,1-2H3,(H,21,25)/b22-15+/t17-/m0/s1. The number of anilines is 1. The predicted molar refractivity (Wildman–Crippen MR) is 101 cm³/mol. The van der Waals surface area contributed by atoms with Gasteiger partial charge in [0.2, 0.25) is 11.8 Å². The van der Waals surface area contributed by atoms with Crippen molar-refractivity contribution in [1.82, 2.24) is 9.88 Å². The van der Waals surface area contributed by atoms with E-state index in [1.54, 1.807) is 12.3 Å². The van der Waals surface area contributed by atoms with Gasteiger partial charge < -0.3 is 19.8 Å². The minimum Gasteiger partial charge on any atom is -0.396 e. The second kappa shape index (κ2) is 8.59. The van der Waals surface area contributed by atoms with Crippen LogP contribution < -0.4 is 5.32 Å². The van der Waals surface area contributed by atoms with Crippen LogP contribution in [-0.4, -0.2) is 60.3 Å². The maximum Gasteiger partial charge on any atom is 0.249 e. The number of aromatic nitrogens is 1. The molecule has 1 aromatic heterocycles. The highest BCUT2D eigenvalue weighted by Gasteiger charge is 2.38. The Morgan fingerprint density at radius 1 is 1.37 bits per heavy atom. The molecule has 1 atom stereocenters. The van der Waals surface area contributed by atoms with Gasteiger partial charge in [-0.05, 0) is 31.2 Å². The number of carbonyl (C=O) groups excluding carboxylic acids is 2. The molecule has 0 radical (unpaired) electrons. The Bertz CT molecular complexity index is 868. The van der Waals surface area contributed by atoms with E-state index >= 15 is 0 Å². The number of likely N-dealkylation sites (tertiary alicyclic amines) is 1. The third-order valence-electron chi connectivity index (χ3n) is 4.24. The van der Waals surface area contributed by atoms with Gasteiger partial charge >= 0.3 is 0 Å². The van der Waals surface area contributed by atoms with Crippen molar-refractivity contribution in [2.75, 3.05) is 32.2 Å². The van der Waals surface area contributed by atoms with Gasteiger partial charge in [0.25, 0.3) is 0 Å². The molecular formula is C19H22N4O4. The van der Waals surface area contributed by atoms with Crippen LogP contribution in [0.25, 0.3) is 10.9 Å². The summed E-state index contributed by atoms with van der Waals surface area (Å²) in [5.74, 6) is -0.536. The number of fused-ring (bicyclic) bond motifs is 1. The first-order chi connectivity index (χ1) is 13.1. The first-order valence-corrected chi connectivity index (χ1v) is 8.74. The molecule has 0 saturated carbocycles. The van der Waals surface area contributed by atoms with Gasteiger partial charge in [0.1, 0.15) is 19.3 Å². The molecule has 0 aliphatic carbocycles. The van der Waals surface area contributed by atoms with Gasteiger partial charge in [-0.2, -0.15) is 0 Å². The van der Waals surface area contributed by atoms with Crippen molar-refractivity contribution < 1.29 is 19.2 Å². The number of hydrogen-bond acceptors (Lipinski definition) is 6. The molecule has 1 saturated heterocycles. The molecule has 142 valence electrons. The number of rotatable bonds is 6. The van der Waals surface area contributed by atoms with Crippen molar-refractivity contribution in [3.8, 4) is 0 Å². The molecule has 1 aromatic carbocycles. The highest BCUT2D eigenvalue weighted by Crippen LogP contribution is 2.21. The molecule has 8 heteroatoms. The van der Waals surface area contributed by atoms with Crippen molar-refractivity contribution in [2.45, 2.75) is 19.4 Å². The molecule has 0 spiro atoms. The van der Waals surface area contributed by atoms with Gasteiger partial charge in [-0.25, -0.2) is 0 Å². The topological polar surface area (TPSA) is 93.1 Å². The zero-order chi connectivity index (χ0) is 19.2. The maximum absolute atomic E-state index is 12.8. The smallest absolute Gasteiger partial charge is 0.249 e. The van der Waals surface area contributed by atoms with Crippen molar-refractivity contribution >= 4 is 34.1 Å². The Morgan fingerprint density at radius 3 is 3.00 bits per heavy atom. The number of benzene rings is 1. The molecule has 2 amide bonds. The number of nitrogens with zero attached hydrogens (tertiary/aromatic N) is 3. The predicted octanol–water partition coefficient (Wildman–Crippen LogP) is 1.81. The summed E-state index contributed by atoms with van der Waals surface area (Å²) in [5, 5.41) is 7.81. The summed E-state index contributed by atoms with van der Waals surface area (Å²) >= 11 is 0. The van der Waals surface area contributed by atoms with E-state index in [-0.39, 0.29) is 25.0 Å². The van der Waals surface area contributed by atoms with Crippen LogP contribution in [0.2, 0.25) is 0 Å². The number of amides is 2. The van der Waals surface area contributed by atoms with Crippen molar-refractivity contribution in [1.29, 1.82) is 0 Å². The van der Waals surface area contributed by atoms with Crippen LogP contribution in [0.3, 0.4) is 0 Å². The van der Waals surface area contributed by atoms with E-state index in [2.05, 4.69) is 15.5 Å². The van der Waals surface area contributed by atoms with Crippen LogP contribution >= 0.6 is 0 Å². The monoisotopic (exact) mass is 370 g/mol. The average molecular weight is 370 g/mol. The summed E-state index contributed by atoms with van der Waals surface area (Å²) in [7, 11) is 1.45. The van der Waals surface area contributed by atoms with Gasteiger partial charge in [-0.1, -0.05) is 11.2 Å². The van der Waals surface area contributed by atoms with Gasteiger partial charge in [0.15, 0.2) is 0 Å². The third kappa shape index (κ3) is 4.40. The second-order valence-electron chi connectivity index (χ2n) is 6.15. The number of pyridine rings is 1. The molecular weight excluding hydrogens is 348 g/mol. The highest BCUT2D eigenvalue weighted by atomic mass is 16.6. The Morgan fingerprint density at radius 2 is 2.22 bits per heavy atom. The normalized spacial score (nSPS) is 18.1. The summed E-state index contributed by atoms with van der Waals surface area (Å²) in [4.78, 5) is 36.0. The zero-order valence-electron chi connectivity index (χ0n) is 15.3. The lowest BCUT2D eigenvalue weighted by molar-refractivity contribution is -0.139. The number of ether oxygens (including phenoxy) is 1.